The molecule has 28 heavy (non-hydrogen) atoms. The topological polar surface area (TPSA) is 112 Å². The third-order valence-electron chi connectivity index (χ3n) is 3.03. The van der Waals surface area contributed by atoms with Gasteiger partial charge in [0.25, 0.3) is 5.91 Å². The minimum Gasteiger partial charge on any atom is -0.495 e. The van der Waals surface area contributed by atoms with Crippen LogP contribution in [-0.2, 0) is 14.3 Å². The predicted molar refractivity (Wildman–Crippen MR) is 110 cm³/mol. The second-order valence-electron chi connectivity index (χ2n) is 5.00. The largest absolute Gasteiger partial charge is 0.495 e. The van der Waals surface area contributed by atoms with E-state index in [2.05, 4.69) is 20.0 Å². The fourth-order valence-corrected chi connectivity index (χ4v) is 1.81. The summed E-state index contributed by atoms with van der Waals surface area (Å²) < 4.78 is 10.3. The maximum atomic E-state index is 11.4. The lowest BCUT2D eigenvalue weighted by atomic mass is 10.2. The highest BCUT2D eigenvalue weighted by molar-refractivity contribution is 6.42. The smallest absolute Gasteiger partial charge is 0.267 e. The summed E-state index contributed by atoms with van der Waals surface area (Å²) in [6, 6.07) is 3.73. The van der Waals surface area contributed by atoms with Crippen LogP contribution in [0, 0.1) is 0 Å². The summed E-state index contributed by atoms with van der Waals surface area (Å²) in [6.07, 6.45) is 20.3. The highest BCUT2D eigenvalue weighted by atomic mass is 16.5. The maximum absolute atomic E-state index is 11.4. The van der Waals surface area contributed by atoms with Crippen LogP contribution in [0.4, 0.5) is 5.82 Å². The maximum Gasteiger partial charge on any atom is 0.267 e. The molecule has 0 atom stereocenters. The molecular formula is C20H19N5O3. The third-order valence-corrected chi connectivity index (χ3v) is 3.03. The third kappa shape index (κ3) is 7.87. The number of carbonyl (C=O) groups excluding carboxylic acids is 1. The van der Waals surface area contributed by atoms with Crippen molar-refractivity contribution >= 4 is 36.1 Å². The average molecular weight is 377 g/mol. The van der Waals surface area contributed by atoms with Crippen molar-refractivity contribution in [3.05, 3.63) is 79.2 Å². The minimum absolute atomic E-state index is 0.0115. The lowest BCUT2D eigenvalue weighted by molar-refractivity contribution is -0.111. The van der Waals surface area contributed by atoms with Crippen molar-refractivity contribution in [1.82, 2.24) is 4.98 Å². The Morgan fingerprint density at radius 3 is 2.86 bits per heavy atom. The molecule has 2 N–H and O–H groups in total. The van der Waals surface area contributed by atoms with Gasteiger partial charge in [-0.15, -0.1) is 0 Å². The molecule has 0 bridgehead atoms. The monoisotopic (exact) mass is 377 g/mol. The Morgan fingerprint density at radius 1 is 1.07 bits per heavy atom. The van der Waals surface area contributed by atoms with E-state index in [1.165, 1.54) is 37.4 Å². The van der Waals surface area contributed by atoms with Crippen LogP contribution in [0.2, 0.25) is 0 Å². The Balaban J connectivity index is 2.19. The molecule has 0 fully saturated rings. The van der Waals surface area contributed by atoms with Gasteiger partial charge in [-0.3, -0.25) is 4.79 Å². The number of fused-ring (bicyclic) bond motifs is 1. The number of aliphatic imine (C=N–C) groups is 3. The molecule has 1 aromatic rings. The number of rotatable bonds is 1. The van der Waals surface area contributed by atoms with Crippen LogP contribution in [0.3, 0.4) is 0 Å². The van der Waals surface area contributed by atoms with Crippen molar-refractivity contribution < 1.29 is 14.3 Å². The van der Waals surface area contributed by atoms with E-state index in [0.29, 0.717) is 5.82 Å². The van der Waals surface area contributed by atoms with Gasteiger partial charge in [-0.2, -0.15) is 0 Å². The molecule has 1 aromatic heterocycles. The summed E-state index contributed by atoms with van der Waals surface area (Å²) in [7, 11) is 0. The van der Waals surface area contributed by atoms with Crippen molar-refractivity contribution in [2.75, 3.05) is 6.61 Å². The molecule has 2 heterocycles. The van der Waals surface area contributed by atoms with Crippen LogP contribution in [0.5, 0.6) is 0 Å². The zero-order valence-electron chi connectivity index (χ0n) is 15.0. The molecular weight excluding hydrogens is 358 g/mol. The number of amides is 1. The number of nitrogens with zero attached hydrogens (tertiary/aromatic N) is 4. The standard InChI is InChI=1S/C20H19N5O3/c21-19(26)18-8-14-27-15-12-25-20-17(7-5-9-24-20)6-3-1-2-4-13-28-16-22-10-11-23-18/h1-14,16H,15H2,(H2,21,26). The van der Waals surface area contributed by atoms with Gasteiger partial charge in [0.2, 0.25) is 0 Å². The summed E-state index contributed by atoms with van der Waals surface area (Å²) >= 11 is 0. The van der Waals surface area contributed by atoms with Crippen LogP contribution in [0.15, 0.2) is 88.6 Å². The molecule has 0 saturated carbocycles. The Morgan fingerprint density at radius 2 is 1.96 bits per heavy atom. The van der Waals surface area contributed by atoms with E-state index < -0.39 is 5.91 Å². The van der Waals surface area contributed by atoms with Gasteiger partial charge in [-0.25, -0.2) is 20.0 Å². The molecule has 0 unspecified atom stereocenters. The number of aromatic nitrogens is 1. The first-order valence-corrected chi connectivity index (χ1v) is 8.22. The normalized spacial score (nSPS) is 15.1. The molecule has 1 aliphatic heterocycles. The first-order chi connectivity index (χ1) is 13.8. The van der Waals surface area contributed by atoms with E-state index in [1.54, 1.807) is 24.6 Å². The van der Waals surface area contributed by atoms with Gasteiger partial charge in [-0.1, -0.05) is 24.3 Å². The molecule has 1 amide bonds. The number of allylic oxidation sites excluding steroid dienone is 4. The van der Waals surface area contributed by atoms with E-state index in [4.69, 9.17) is 15.2 Å². The highest BCUT2D eigenvalue weighted by Crippen LogP contribution is 2.16. The highest BCUT2D eigenvalue weighted by Gasteiger charge is 2.00. The van der Waals surface area contributed by atoms with E-state index in [-0.39, 0.29) is 12.3 Å². The summed E-state index contributed by atoms with van der Waals surface area (Å²) in [5, 5.41) is 0. The van der Waals surface area contributed by atoms with Gasteiger partial charge >= 0.3 is 0 Å². The quantitative estimate of drug-likeness (QED) is 0.811. The number of carbonyl (C=O) groups is 1. The van der Waals surface area contributed by atoms with Gasteiger partial charge < -0.3 is 15.2 Å². The van der Waals surface area contributed by atoms with E-state index in [0.717, 1.165) is 5.56 Å². The van der Waals surface area contributed by atoms with Crippen LogP contribution < -0.4 is 5.73 Å². The van der Waals surface area contributed by atoms with Gasteiger partial charge in [0.15, 0.2) is 12.2 Å². The fourth-order valence-electron chi connectivity index (χ4n) is 1.81. The van der Waals surface area contributed by atoms with E-state index in [9.17, 15) is 4.79 Å². The molecule has 1 aliphatic rings. The minimum atomic E-state index is -0.698. The number of pyridine rings is 1. The zero-order valence-corrected chi connectivity index (χ0v) is 15.0. The summed E-state index contributed by atoms with van der Waals surface area (Å²) in [6.45, 7) is 0.185. The second-order valence-corrected chi connectivity index (χ2v) is 5.00. The molecule has 8 heteroatoms. The van der Waals surface area contributed by atoms with Gasteiger partial charge in [-0.05, 0) is 18.2 Å². The molecule has 142 valence electrons. The van der Waals surface area contributed by atoms with Crippen LogP contribution in [-0.4, -0.2) is 35.8 Å². The first-order valence-electron chi connectivity index (χ1n) is 8.22. The van der Waals surface area contributed by atoms with Crippen LogP contribution >= 0.6 is 0 Å². The molecule has 8 nitrogen and oxygen atoms in total. The number of primary amides is 1. The average Bonchev–Trinajstić information content (AvgIpc) is 2.69. The first kappa shape index (κ1) is 20.2. The summed E-state index contributed by atoms with van der Waals surface area (Å²) in [5.74, 6) is -0.137. The molecule has 0 aromatic carbocycles. The van der Waals surface area contributed by atoms with Crippen LogP contribution in [0.1, 0.15) is 5.56 Å². The fraction of sp³-hybridized carbons (Fsp3) is 0.0500. The van der Waals surface area contributed by atoms with Gasteiger partial charge in [0, 0.05) is 36.5 Å². The van der Waals surface area contributed by atoms with E-state index in [1.807, 2.05) is 30.4 Å². The van der Waals surface area contributed by atoms with Crippen molar-refractivity contribution in [3.63, 3.8) is 0 Å². The van der Waals surface area contributed by atoms with Gasteiger partial charge in [0.1, 0.15) is 12.3 Å². The molecule has 0 saturated heterocycles. The molecule has 0 aliphatic carbocycles. The Bertz CT molecular complexity index is 893. The summed E-state index contributed by atoms with van der Waals surface area (Å²) in [5.41, 5.74) is 6.12. The second kappa shape index (κ2) is 12.3. The molecule has 0 spiro atoms. The molecule has 2 rings (SSSR count). The summed E-state index contributed by atoms with van der Waals surface area (Å²) in [4.78, 5) is 27.6. The Kier molecular flexibility index (Phi) is 8.90. The Hall–Kier alpha value is -4.07. The van der Waals surface area contributed by atoms with Crippen molar-refractivity contribution in [2.24, 2.45) is 20.7 Å². The predicted octanol–water partition coefficient (Wildman–Crippen LogP) is 2.85. The number of ether oxygens (including phenoxy) is 2. The lowest BCUT2D eigenvalue weighted by Crippen LogP contribution is -2.21. The SMILES string of the molecule is NC(=O)C1=NC=CN=COC=CC=CC=Cc2cccnc2N=CCOC=C1. The Labute approximate surface area is 162 Å². The van der Waals surface area contributed by atoms with Crippen molar-refractivity contribution in [2.45, 2.75) is 0 Å². The zero-order chi connectivity index (χ0) is 19.9. The van der Waals surface area contributed by atoms with Crippen LogP contribution in [0.25, 0.3) is 6.08 Å². The van der Waals surface area contributed by atoms with E-state index >= 15 is 0 Å². The van der Waals surface area contributed by atoms with Gasteiger partial charge in [0.05, 0.1) is 12.5 Å². The van der Waals surface area contributed by atoms with Crippen molar-refractivity contribution in [1.29, 1.82) is 0 Å². The number of hydrogen-bond acceptors (Lipinski definition) is 7. The molecule has 0 radical (unpaired) electrons. The number of hydrogen-bond donors (Lipinski definition) is 1. The number of nitrogens with two attached hydrogens (primary N) is 1. The lowest BCUT2D eigenvalue weighted by Gasteiger charge is -1.99. The van der Waals surface area contributed by atoms with Crippen molar-refractivity contribution in [3.8, 4) is 0 Å².